The molecule has 0 unspecified atom stereocenters. The van der Waals surface area contributed by atoms with E-state index in [0.717, 1.165) is 11.1 Å². The maximum atomic E-state index is 12.5. The van der Waals surface area contributed by atoms with Crippen molar-refractivity contribution >= 4 is 29.2 Å². The molecule has 0 aromatic heterocycles. The first kappa shape index (κ1) is 19.7. The van der Waals surface area contributed by atoms with E-state index in [0.29, 0.717) is 10.5 Å². The predicted molar refractivity (Wildman–Crippen MR) is 100 cm³/mol. The molecule has 26 heavy (non-hydrogen) atoms. The molecular weight excluding hydrogens is 354 g/mol. The Bertz CT molecular complexity index is 878. The third-order valence-electron chi connectivity index (χ3n) is 4.06. The lowest BCUT2D eigenvalue weighted by molar-refractivity contribution is -0.387. The van der Waals surface area contributed by atoms with Gasteiger partial charge in [-0.05, 0) is 56.4 Å². The number of carbonyl (C=O) groups is 2. The van der Waals surface area contributed by atoms with Crippen molar-refractivity contribution in [3.63, 3.8) is 0 Å². The number of benzene rings is 2. The van der Waals surface area contributed by atoms with Crippen molar-refractivity contribution in [3.05, 3.63) is 68.8 Å². The minimum absolute atomic E-state index is 0.0363. The Hall–Kier alpha value is -2.67. The topological polar surface area (TPSA) is 86.5 Å². The van der Waals surface area contributed by atoms with Gasteiger partial charge in [-0.2, -0.15) is 0 Å². The molecule has 2 aromatic carbocycles. The summed E-state index contributed by atoms with van der Waals surface area (Å²) in [6.07, 6.45) is 0.717. The van der Waals surface area contributed by atoms with Gasteiger partial charge in [-0.1, -0.05) is 12.1 Å². The molecule has 0 heterocycles. The van der Waals surface area contributed by atoms with Gasteiger partial charge in [0.05, 0.1) is 15.4 Å². The first-order valence-electron chi connectivity index (χ1n) is 7.89. The van der Waals surface area contributed by atoms with Crippen LogP contribution in [-0.4, -0.2) is 29.0 Å². The second-order valence-electron chi connectivity index (χ2n) is 5.85. The van der Waals surface area contributed by atoms with E-state index in [4.69, 9.17) is 4.74 Å². The molecule has 0 saturated heterocycles. The van der Waals surface area contributed by atoms with Gasteiger partial charge in [-0.25, -0.2) is 4.79 Å². The summed E-state index contributed by atoms with van der Waals surface area (Å²) < 4.78 is 5.21. The van der Waals surface area contributed by atoms with Crippen molar-refractivity contribution in [1.82, 2.24) is 0 Å². The van der Waals surface area contributed by atoms with Crippen LogP contribution >= 0.6 is 11.8 Å². The molecule has 2 aromatic rings. The first-order valence-corrected chi connectivity index (χ1v) is 9.12. The van der Waals surface area contributed by atoms with Crippen LogP contribution < -0.4 is 0 Å². The molecular formula is C19H19NO5S. The van der Waals surface area contributed by atoms with E-state index in [1.807, 2.05) is 19.9 Å². The molecule has 136 valence electrons. The van der Waals surface area contributed by atoms with E-state index < -0.39 is 17.0 Å². The Balaban J connectivity index is 2.18. The van der Waals surface area contributed by atoms with Crippen molar-refractivity contribution in [2.45, 2.75) is 31.8 Å². The molecule has 6 nitrogen and oxygen atoms in total. The summed E-state index contributed by atoms with van der Waals surface area (Å²) in [4.78, 5) is 35.8. The highest BCUT2D eigenvalue weighted by atomic mass is 32.2. The van der Waals surface area contributed by atoms with Gasteiger partial charge in [-0.3, -0.25) is 14.9 Å². The lowest BCUT2D eigenvalue weighted by Crippen LogP contribution is -2.24. The van der Waals surface area contributed by atoms with Crippen LogP contribution in [0, 0.1) is 24.0 Å². The second kappa shape index (κ2) is 8.14. The van der Waals surface area contributed by atoms with Crippen LogP contribution in [-0.2, 0) is 4.74 Å². The lowest BCUT2D eigenvalue weighted by Gasteiger charge is -2.13. The van der Waals surface area contributed by atoms with E-state index in [2.05, 4.69) is 0 Å². The number of nitrogens with zero attached hydrogens (tertiary/aromatic N) is 1. The molecule has 2 rings (SSSR count). The molecule has 0 bridgehead atoms. The molecule has 0 amide bonds. The van der Waals surface area contributed by atoms with Crippen molar-refractivity contribution in [1.29, 1.82) is 0 Å². The van der Waals surface area contributed by atoms with Crippen molar-refractivity contribution in [2.75, 3.05) is 6.26 Å². The number of esters is 1. The van der Waals surface area contributed by atoms with E-state index in [9.17, 15) is 19.7 Å². The molecule has 0 saturated carbocycles. The summed E-state index contributed by atoms with van der Waals surface area (Å²) in [6.45, 7) is 5.33. The number of aryl methyl sites for hydroxylation is 2. The number of thioether (sulfide) groups is 1. The molecule has 1 atom stereocenters. The van der Waals surface area contributed by atoms with Crippen molar-refractivity contribution in [3.8, 4) is 0 Å². The number of rotatable bonds is 6. The second-order valence-corrected chi connectivity index (χ2v) is 6.70. The van der Waals surface area contributed by atoms with Gasteiger partial charge in [0, 0.05) is 11.6 Å². The third-order valence-corrected chi connectivity index (χ3v) is 4.84. The van der Waals surface area contributed by atoms with Crippen LogP contribution in [0.4, 0.5) is 5.69 Å². The monoisotopic (exact) mass is 373 g/mol. The third kappa shape index (κ3) is 4.29. The van der Waals surface area contributed by atoms with E-state index in [1.54, 1.807) is 18.4 Å². The smallest absolute Gasteiger partial charge is 0.339 e. The normalized spacial score (nSPS) is 11.7. The number of Topliss-reactive ketones (excluding diaryl/α,β-unsaturated/α-hetero) is 1. The zero-order valence-electron chi connectivity index (χ0n) is 14.9. The largest absolute Gasteiger partial charge is 0.451 e. The SMILES string of the molecule is CSc1ccc(C(=O)O[C@H](C)C(=O)c2ccc(C)c(C)c2)cc1[N+](=O)[O-]. The van der Waals surface area contributed by atoms with Gasteiger partial charge >= 0.3 is 5.97 Å². The number of carbonyl (C=O) groups excluding carboxylic acids is 2. The fourth-order valence-corrected chi connectivity index (χ4v) is 2.92. The predicted octanol–water partition coefficient (Wildman–Crippen LogP) is 4.36. The van der Waals surface area contributed by atoms with Crippen molar-refractivity contribution < 1.29 is 19.2 Å². The highest BCUT2D eigenvalue weighted by Gasteiger charge is 2.23. The summed E-state index contributed by atoms with van der Waals surface area (Å²) >= 11 is 1.21. The summed E-state index contributed by atoms with van der Waals surface area (Å²) in [5, 5.41) is 11.1. The van der Waals surface area contributed by atoms with E-state index >= 15 is 0 Å². The van der Waals surface area contributed by atoms with Crippen LogP contribution in [0.25, 0.3) is 0 Å². The van der Waals surface area contributed by atoms with E-state index in [1.165, 1.54) is 36.9 Å². The first-order chi connectivity index (χ1) is 12.2. The summed E-state index contributed by atoms with van der Waals surface area (Å²) in [5.74, 6) is -1.10. The molecule has 0 spiro atoms. The molecule has 0 aliphatic carbocycles. The molecule has 0 radical (unpaired) electrons. The Labute approximate surface area is 155 Å². The fourth-order valence-electron chi connectivity index (χ4n) is 2.37. The number of hydrogen-bond acceptors (Lipinski definition) is 6. The van der Waals surface area contributed by atoms with Gasteiger partial charge in [-0.15, -0.1) is 11.8 Å². The van der Waals surface area contributed by atoms with Crippen LogP contribution in [0.15, 0.2) is 41.3 Å². The molecule has 0 fully saturated rings. The molecule has 0 aliphatic heterocycles. The Morgan fingerprint density at radius 3 is 2.31 bits per heavy atom. The van der Waals surface area contributed by atoms with Gasteiger partial charge in [0.15, 0.2) is 6.10 Å². The number of ketones is 1. The van der Waals surface area contributed by atoms with Crippen LogP contribution in [0.1, 0.15) is 38.8 Å². The summed E-state index contributed by atoms with van der Waals surface area (Å²) in [7, 11) is 0. The minimum Gasteiger partial charge on any atom is -0.451 e. The van der Waals surface area contributed by atoms with Gasteiger partial charge in [0.2, 0.25) is 5.78 Å². The summed E-state index contributed by atoms with van der Waals surface area (Å²) in [5.41, 5.74) is 2.36. The van der Waals surface area contributed by atoms with E-state index in [-0.39, 0.29) is 17.0 Å². The minimum atomic E-state index is -0.996. The van der Waals surface area contributed by atoms with Crippen molar-refractivity contribution in [2.24, 2.45) is 0 Å². The summed E-state index contributed by atoms with van der Waals surface area (Å²) in [6, 6.07) is 9.39. The number of ether oxygens (including phenoxy) is 1. The Kier molecular flexibility index (Phi) is 6.15. The Morgan fingerprint density at radius 2 is 1.73 bits per heavy atom. The standard InChI is InChI=1S/C19H19NO5S/c1-11-5-6-14(9-12(11)2)18(21)13(3)25-19(22)15-7-8-17(26-4)16(10-15)20(23)24/h5-10,13H,1-4H3/t13-/m1/s1. The van der Waals surface area contributed by atoms with Crippen LogP contribution in [0.3, 0.4) is 0 Å². The average Bonchev–Trinajstić information content (AvgIpc) is 2.62. The Morgan fingerprint density at radius 1 is 1.08 bits per heavy atom. The fraction of sp³-hybridized carbons (Fsp3) is 0.263. The van der Waals surface area contributed by atoms with Gasteiger partial charge < -0.3 is 4.74 Å². The lowest BCUT2D eigenvalue weighted by atomic mass is 10.0. The highest BCUT2D eigenvalue weighted by Crippen LogP contribution is 2.28. The quantitative estimate of drug-likeness (QED) is 0.246. The van der Waals surface area contributed by atoms with Gasteiger partial charge in [0.25, 0.3) is 5.69 Å². The van der Waals surface area contributed by atoms with Gasteiger partial charge in [0.1, 0.15) is 0 Å². The average molecular weight is 373 g/mol. The maximum absolute atomic E-state index is 12.5. The van der Waals surface area contributed by atoms with Crippen LogP contribution in [0.5, 0.6) is 0 Å². The zero-order valence-corrected chi connectivity index (χ0v) is 15.8. The molecule has 7 heteroatoms. The zero-order chi connectivity index (χ0) is 19.4. The maximum Gasteiger partial charge on any atom is 0.339 e. The highest BCUT2D eigenvalue weighted by molar-refractivity contribution is 7.98. The molecule has 0 aliphatic rings. The number of hydrogen-bond donors (Lipinski definition) is 0. The molecule has 0 N–H and O–H groups in total. The van der Waals surface area contributed by atoms with Crippen LogP contribution in [0.2, 0.25) is 0 Å². The number of nitro benzene ring substituents is 1. The number of nitro groups is 1.